The molecule has 0 N–H and O–H groups in total. The summed E-state index contributed by atoms with van der Waals surface area (Å²) in [6, 6.07) is 64.0. The molecule has 0 bridgehead atoms. The molecule has 0 saturated carbocycles. The summed E-state index contributed by atoms with van der Waals surface area (Å²) in [6.45, 7) is 0. The van der Waals surface area contributed by atoms with Crippen molar-refractivity contribution < 1.29 is 0 Å². The van der Waals surface area contributed by atoms with E-state index in [9.17, 15) is 0 Å². The minimum Gasteiger partial charge on any atom is -0.309 e. The molecule has 0 amide bonds. The second kappa shape index (κ2) is 11.8. The minimum absolute atomic E-state index is 0.730. The first kappa shape index (κ1) is 31.3. The van der Waals surface area contributed by atoms with Gasteiger partial charge in [-0.3, -0.25) is 0 Å². The fraction of sp³-hybridized carbons (Fsp3) is 0. The standard InChI is InChI=1S/C52H29N3S2/c1-2-11-30(12-3-1)33-15-8-16-34(29-33)49-51-50(38-19-6-7-20-42(38)57-51)54-52(53-49)37-25-28-39(36-18-5-4-17-35(36)37)55-40-26-23-31-13-9-21-43-45(31)47(40)48-41(55)27-24-32-14-10-22-44(56-43)46(32)48/h1-29H. The molecule has 3 nitrogen and oxygen atoms in total. The van der Waals surface area contributed by atoms with Crippen LogP contribution in [0.25, 0.3) is 123 Å². The molecule has 0 saturated heterocycles. The molecule has 13 aromatic rings. The van der Waals surface area contributed by atoms with Gasteiger partial charge in [-0.05, 0) is 75.8 Å². The van der Waals surface area contributed by atoms with Gasteiger partial charge in [-0.2, -0.15) is 0 Å². The smallest absolute Gasteiger partial charge is 0.161 e. The number of hydrogen-bond acceptors (Lipinski definition) is 4. The molecule has 0 aliphatic heterocycles. The van der Waals surface area contributed by atoms with Crippen molar-refractivity contribution in [2.75, 3.05) is 0 Å². The average molecular weight is 760 g/mol. The van der Waals surface area contributed by atoms with Crippen LogP contribution in [0.5, 0.6) is 0 Å². The SMILES string of the molecule is c1ccc(-c2cccc(-c3nc(-c4ccc(-n5c6ccc7cccc8sc9cccc%10ccc5c(c%109)c6c78)c5ccccc45)nc4c3sc3ccccc34)c2)cc1. The van der Waals surface area contributed by atoms with E-state index in [0.717, 1.165) is 54.7 Å². The molecule has 0 aliphatic carbocycles. The summed E-state index contributed by atoms with van der Waals surface area (Å²) in [4.78, 5) is 10.9. The maximum atomic E-state index is 5.49. The number of benzene rings is 9. The van der Waals surface area contributed by atoms with Gasteiger partial charge in [-0.25, -0.2) is 9.97 Å². The fourth-order valence-electron chi connectivity index (χ4n) is 9.28. The maximum absolute atomic E-state index is 5.49. The molecule has 0 radical (unpaired) electrons. The molecule has 0 atom stereocenters. The van der Waals surface area contributed by atoms with Crippen molar-refractivity contribution in [3.05, 3.63) is 176 Å². The largest absolute Gasteiger partial charge is 0.309 e. The van der Waals surface area contributed by atoms with Crippen LogP contribution < -0.4 is 0 Å². The molecule has 264 valence electrons. The Hall–Kier alpha value is -6.92. The zero-order valence-corrected chi connectivity index (χ0v) is 32.0. The van der Waals surface area contributed by atoms with E-state index in [-0.39, 0.29) is 0 Å². The van der Waals surface area contributed by atoms with Gasteiger partial charge >= 0.3 is 0 Å². The van der Waals surface area contributed by atoms with Crippen molar-refractivity contribution in [3.8, 4) is 39.5 Å². The van der Waals surface area contributed by atoms with Crippen molar-refractivity contribution in [2.24, 2.45) is 0 Å². The van der Waals surface area contributed by atoms with Crippen LogP contribution in [0, 0.1) is 0 Å². The van der Waals surface area contributed by atoms with E-state index in [1.54, 1.807) is 11.3 Å². The summed E-state index contributed by atoms with van der Waals surface area (Å²) in [6.07, 6.45) is 0. The van der Waals surface area contributed by atoms with Crippen LogP contribution in [0.15, 0.2) is 176 Å². The Bertz CT molecular complexity index is 3660. The van der Waals surface area contributed by atoms with Gasteiger partial charge < -0.3 is 4.57 Å². The molecule has 0 aliphatic rings. The third kappa shape index (κ3) is 4.47. The number of rotatable bonds is 4. The van der Waals surface area contributed by atoms with Crippen LogP contribution in [-0.4, -0.2) is 14.5 Å². The van der Waals surface area contributed by atoms with E-state index in [1.165, 1.54) is 68.6 Å². The van der Waals surface area contributed by atoms with Gasteiger partial charge in [0.05, 0.1) is 32.6 Å². The Morgan fingerprint density at radius 3 is 1.77 bits per heavy atom. The highest BCUT2D eigenvalue weighted by atomic mass is 32.1. The van der Waals surface area contributed by atoms with Crippen LogP contribution >= 0.6 is 22.7 Å². The quantitative estimate of drug-likeness (QED) is 0.179. The first-order valence-corrected chi connectivity index (χ1v) is 20.9. The number of thiophene rings is 1. The lowest BCUT2D eigenvalue weighted by Crippen LogP contribution is -1.98. The molecule has 4 heterocycles. The Kier molecular flexibility index (Phi) is 6.48. The summed E-state index contributed by atoms with van der Waals surface area (Å²) in [5.41, 5.74) is 10.00. The van der Waals surface area contributed by atoms with E-state index < -0.39 is 0 Å². The van der Waals surface area contributed by atoms with Gasteiger partial charge in [0.15, 0.2) is 5.82 Å². The summed E-state index contributed by atoms with van der Waals surface area (Å²) in [5, 5.41) is 11.3. The van der Waals surface area contributed by atoms with Gasteiger partial charge in [0.1, 0.15) is 0 Å². The second-order valence-corrected chi connectivity index (χ2v) is 17.0. The van der Waals surface area contributed by atoms with Crippen LogP contribution in [0.4, 0.5) is 0 Å². The van der Waals surface area contributed by atoms with Crippen LogP contribution in [0.1, 0.15) is 0 Å². The summed E-state index contributed by atoms with van der Waals surface area (Å²) >= 11 is 3.66. The molecule has 9 aromatic carbocycles. The first-order chi connectivity index (χ1) is 28.3. The molecule has 0 fully saturated rings. The lowest BCUT2D eigenvalue weighted by atomic mass is 10.00. The summed E-state index contributed by atoms with van der Waals surface area (Å²) in [5.74, 6) is 0.730. The predicted molar refractivity (Wildman–Crippen MR) is 245 cm³/mol. The Labute approximate surface area is 334 Å². The molecule has 4 aromatic heterocycles. The number of hydrogen-bond donors (Lipinski definition) is 0. The molecular formula is C52H29N3S2. The molecule has 57 heavy (non-hydrogen) atoms. The van der Waals surface area contributed by atoms with Crippen molar-refractivity contribution in [2.45, 2.75) is 0 Å². The highest BCUT2D eigenvalue weighted by Crippen LogP contribution is 2.48. The van der Waals surface area contributed by atoms with Crippen LogP contribution in [0.3, 0.4) is 0 Å². The van der Waals surface area contributed by atoms with E-state index >= 15 is 0 Å². The number of fused-ring (bicyclic) bond motifs is 4. The van der Waals surface area contributed by atoms with E-state index in [2.05, 4.69) is 180 Å². The lowest BCUT2D eigenvalue weighted by molar-refractivity contribution is 1.20. The van der Waals surface area contributed by atoms with E-state index in [0.29, 0.717) is 0 Å². The fourth-order valence-corrected chi connectivity index (χ4v) is 11.6. The minimum atomic E-state index is 0.730. The Morgan fingerprint density at radius 2 is 1.02 bits per heavy atom. The summed E-state index contributed by atoms with van der Waals surface area (Å²) in [7, 11) is 0. The Balaban J connectivity index is 1.09. The Morgan fingerprint density at radius 1 is 0.404 bits per heavy atom. The van der Waals surface area contributed by atoms with E-state index in [1.807, 2.05) is 11.3 Å². The van der Waals surface area contributed by atoms with Gasteiger partial charge in [0.25, 0.3) is 0 Å². The predicted octanol–water partition coefficient (Wildman–Crippen LogP) is 15.1. The van der Waals surface area contributed by atoms with Crippen molar-refractivity contribution in [1.29, 1.82) is 0 Å². The van der Waals surface area contributed by atoms with Crippen LogP contribution in [-0.2, 0) is 0 Å². The normalized spacial score (nSPS) is 12.2. The van der Waals surface area contributed by atoms with Gasteiger partial charge in [-0.1, -0.05) is 127 Å². The average Bonchev–Trinajstić information content (AvgIpc) is 3.77. The summed E-state index contributed by atoms with van der Waals surface area (Å²) < 4.78 is 7.42. The highest BCUT2D eigenvalue weighted by molar-refractivity contribution is 7.26. The van der Waals surface area contributed by atoms with Crippen molar-refractivity contribution in [3.63, 3.8) is 0 Å². The highest BCUT2D eigenvalue weighted by Gasteiger charge is 2.23. The van der Waals surface area contributed by atoms with Crippen molar-refractivity contribution >= 4 is 106 Å². The van der Waals surface area contributed by atoms with Gasteiger partial charge in [0.2, 0.25) is 0 Å². The zero-order chi connectivity index (χ0) is 37.2. The third-order valence-corrected chi connectivity index (χ3v) is 14.1. The molecule has 5 heteroatoms. The molecule has 0 spiro atoms. The van der Waals surface area contributed by atoms with Crippen molar-refractivity contribution in [1.82, 2.24) is 14.5 Å². The van der Waals surface area contributed by atoms with E-state index in [4.69, 9.17) is 9.97 Å². The monoisotopic (exact) mass is 759 g/mol. The third-order valence-electron chi connectivity index (χ3n) is 11.8. The number of nitrogens with zero attached hydrogens (tertiary/aromatic N) is 3. The lowest BCUT2D eigenvalue weighted by Gasteiger charge is -2.15. The first-order valence-electron chi connectivity index (χ1n) is 19.2. The molecular weight excluding hydrogens is 731 g/mol. The second-order valence-electron chi connectivity index (χ2n) is 14.9. The van der Waals surface area contributed by atoms with Crippen LogP contribution in [0.2, 0.25) is 0 Å². The van der Waals surface area contributed by atoms with Gasteiger partial charge in [0, 0.05) is 57.5 Å². The maximum Gasteiger partial charge on any atom is 0.161 e. The topological polar surface area (TPSA) is 30.7 Å². The zero-order valence-electron chi connectivity index (χ0n) is 30.4. The molecule has 13 rings (SSSR count). The number of aromatic nitrogens is 3. The molecule has 0 unspecified atom stereocenters. The van der Waals surface area contributed by atoms with Gasteiger partial charge in [-0.15, -0.1) is 22.7 Å².